The third-order valence-electron chi connectivity index (χ3n) is 2.91. The molecule has 0 aliphatic carbocycles. The molecule has 0 saturated carbocycles. The molecule has 0 bridgehead atoms. The number of nitrogens with two attached hydrogens (primary N) is 2. The second-order valence-corrected chi connectivity index (χ2v) is 6.34. The summed E-state index contributed by atoms with van der Waals surface area (Å²) in [4.78, 5) is 0. The summed E-state index contributed by atoms with van der Waals surface area (Å²) in [5, 5.41) is 14.1. The zero-order valence-electron chi connectivity index (χ0n) is 16.4. The van der Waals surface area contributed by atoms with E-state index in [2.05, 4.69) is 63.6 Å². The Morgan fingerprint density at radius 3 is 0.750 bits per heavy atom. The maximum Gasteiger partial charge on any atom is 0.251 e. The molecule has 6 heteroatoms. The van der Waals surface area contributed by atoms with Gasteiger partial charge in [-0.05, 0) is 24.4 Å². The summed E-state index contributed by atoms with van der Waals surface area (Å²) in [6.07, 6.45) is 17.0. The predicted octanol–water partition coefficient (Wildman–Crippen LogP) is 6.31. The van der Waals surface area contributed by atoms with Crippen molar-refractivity contribution in [1.29, 1.82) is 0 Å². The number of aliphatic hydroxyl groups is 2. The van der Waals surface area contributed by atoms with Crippen molar-refractivity contribution < 1.29 is 10.2 Å². The average Bonchev–Trinajstić information content (AvgIpc) is 2.48. The van der Waals surface area contributed by atoms with E-state index in [4.69, 9.17) is 10.2 Å². The lowest BCUT2D eigenvalue weighted by Crippen LogP contribution is -2.03. The Balaban J connectivity index is -0.000000117. The van der Waals surface area contributed by atoms with Crippen LogP contribution >= 0.6 is 24.4 Å². The van der Waals surface area contributed by atoms with Gasteiger partial charge in [-0.25, -0.2) is 0 Å². The Hall–Kier alpha value is -0.620. The van der Waals surface area contributed by atoms with Gasteiger partial charge in [0, 0.05) is 0 Å². The molecule has 0 fully saturated rings. The van der Waals surface area contributed by atoms with Crippen molar-refractivity contribution >= 4 is 34.8 Å². The topological polar surface area (TPSA) is 92.5 Å². The van der Waals surface area contributed by atoms with Crippen LogP contribution in [0.2, 0.25) is 0 Å². The molecule has 0 saturated heterocycles. The van der Waals surface area contributed by atoms with Crippen molar-refractivity contribution in [3.05, 3.63) is 0 Å². The van der Waals surface area contributed by atoms with Crippen LogP contribution in [0.5, 0.6) is 0 Å². The quantitative estimate of drug-likeness (QED) is 0.261. The zero-order chi connectivity index (χ0) is 19.6. The minimum atomic E-state index is -0.500. The molecule has 6 N–H and O–H groups in total. The van der Waals surface area contributed by atoms with Gasteiger partial charge in [-0.3, -0.25) is 0 Å². The molecule has 0 amide bonds. The molecular weight excluding hydrogens is 340 g/mol. The molecule has 0 heterocycles. The van der Waals surface area contributed by atoms with Crippen LogP contribution in [0, 0.1) is 0 Å². The summed E-state index contributed by atoms with van der Waals surface area (Å²) < 4.78 is 0. The Morgan fingerprint density at radius 2 is 0.667 bits per heavy atom. The molecule has 0 aromatic rings. The van der Waals surface area contributed by atoms with Crippen LogP contribution in [0.4, 0.5) is 0 Å². The predicted molar refractivity (Wildman–Crippen MR) is 117 cm³/mol. The largest absolute Gasteiger partial charge is 0.487 e. The van der Waals surface area contributed by atoms with Gasteiger partial charge < -0.3 is 21.7 Å². The van der Waals surface area contributed by atoms with Gasteiger partial charge in [0.2, 0.25) is 0 Å². The molecule has 0 aliphatic heterocycles. The first-order valence-electron chi connectivity index (χ1n) is 9.26. The highest BCUT2D eigenvalue weighted by molar-refractivity contribution is 7.80. The van der Waals surface area contributed by atoms with Crippen molar-refractivity contribution in [2.24, 2.45) is 11.5 Å². The van der Waals surface area contributed by atoms with Gasteiger partial charge in [-0.2, -0.15) is 0 Å². The lowest BCUT2D eigenvalue weighted by Gasteiger charge is -1.93. The molecule has 24 heavy (non-hydrogen) atoms. The van der Waals surface area contributed by atoms with Crippen LogP contribution in [0.25, 0.3) is 0 Å². The van der Waals surface area contributed by atoms with Crippen LogP contribution in [0.1, 0.15) is 105 Å². The van der Waals surface area contributed by atoms with E-state index in [0.29, 0.717) is 0 Å². The molecule has 0 atom stereocenters. The van der Waals surface area contributed by atoms with E-state index in [-0.39, 0.29) is 0 Å². The van der Waals surface area contributed by atoms with Gasteiger partial charge in [0.15, 0.2) is 0 Å². The number of aliphatic hydroxyl groups excluding tert-OH is 2. The van der Waals surface area contributed by atoms with Gasteiger partial charge in [0.05, 0.1) is 0 Å². The molecule has 0 unspecified atom stereocenters. The number of rotatable bonds is 10. The first kappa shape index (κ1) is 31.2. The number of unbranched alkanes of at least 4 members (excludes halogenated alkanes) is 10. The van der Waals surface area contributed by atoms with E-state index in [0.717, 1.165) is 0 Å². The maximum atomic E-state index is 7.56. The molecule has 0 rings (SSSR count). The van der Waals surface area contributed by atoms with Crippen molar-refractivity contribution in [3.63, 3.8) is 0 Å². The fraction of sp³-hybridized carbons (Fsp3) is 0.889. The summed E-state index contributed by atoms with van der Waals surface area (Å²) in [6, 6.07) is 0. The monoisotopic (exact) mass is 382 g/mol. The van der Waals surface area contributed by atoms with Crippen LogP contribution in [-0.4, -0.2) is 20.6 Å². The average molecular weight is 383 g/mol. The second kappa shape index (κ2) is 33.9. The molecule has 0 aliphatic rings. The van der Waals surface area contributed by atoms with Crippen LogP contribution < -0.4 is 11.5 Å². The highest BCUT2D eigenvalue weighted by Gasteiger charge is 1.84. The summed E-state index contributed by atoms with van der Waals surface area (Å²) in [6.45, 7) is 9.02. The maximum absolute atomic E-state index is 7.56. The molecule has 4 nitrogen and oxygen atoms in total. The number of hydrogen-bond donors (Lipinski definition) is 4. The van der Waals surface area contributed by atoms with E-state index < -0.39 is 10.3 Å². The van der Waals surface area contributed by atoms with Gasteiger partial charge in [-0.15, -0.1) is 0 Å². The molecule has 0 spiro atoms. The van der Waals surface area contributed by atoms with Crippen molar-refractivity contribution in [3.8, 4) is 0 Å². The fourth-order valence-electron chi connectivity index (χ4n) is 1.71. The van der Waals surface area contributed by atoms with Crippen molar-refractivity contribution in [2.45, 2.75) is 105 Å². The lowest BCUT2D eigenvalue weighted by molar-refractivity contribution is 0.559. The van der Waals surface area contributed by atoms with Gasteiger partial charge in [0.25, 0.3) is 10.3 Å². The second-order valence-electron chi connectivity index (χ2n) is 5.50. The minimum Gasteiger partial charge on any atom is -0.487 e. The summed E-state index contributed by atoms with van der Waals surface area (Å²) in [5.74, 6) is 0. The van der Waals surface area contributed by atoms with Crippen LogP contribution in [-0.2, 0) is 0 Å². The third kappa shape index (κ3) is 101. The van der Waals surface area contributed by atoms with E-state index in [1.54, 1.807) is 0 Å². The lowest BCUT2D eigenvalue weighted by atomic mass is 10.1. The van der Waals surface area contributed by atoms with E-state index in [1.807, 2.05) is 0 Å². The SMILES string of the molecule is CCCCCCCC.CCCCCCCC.NC(O)=S.NC(O)=S. The Kier molecular flexibility index (Phi) is 44.0. The summed E-state index contributed by atoms with van der Waals surface area (Å²) >= 11 is 7.74. The smallest absolute Gasteiger partial charge is 0.251 e. The normalized spacial score (nSPS) is 8.50. The van der Waals surface area contributed by atoms with Gasteiger partial charge in [-0.1, -0.05) is 105 Å². The first-order chi connectivity index (χ1) is 11.3. The highest BCUT2D eigenvalue weighted by Crippen LogP contribution is 2.04. The molecule has 148 valence electrons. The van der Waals surface area contributed by atoms with Crippen molar-refractivity contribution in [2.75, 3.05) is 0 Å². The Bertz CT molecular complexity index is 197. The van der Waals surface area contributed by atoms with Gasteiger partial charge in [0.1, 0.15) is 0 Å². The summed E-state index contributed by atoms with van der Waals surface area (Å²) in [5.41, 5.74) is 8.80. The third-order valence-corrected chi connectivity index (χ3v) is 2.91. The highest BCUT2D eigenvalue weighted by atomic mass is 32.1. The molecule has 0 aromatic heterocycles. The van der Waals surface area contributed by atoms with Gasteiger partial charge >= 0.3 is 0 Å². The first-order valence-corrected chi connectivity index (χ1v) is 10.1. The van der Waals surface area contributed by atoms with Crippen molar-refractivity contribution in [1.82, 2.24) is 0 Å². The number of thiocarbonyl (C=S) groups is 2. The molecule has 0 radical (unpaired) electrons. The van der Waals surface area contributed by atoms with E-state index >= 15 is 0 Å². The summed E-state index contributed by atoms with van der Waals surface area (Å²) in [7, 11) is 0. The van der Waals surface area contributed by atoms with E-state index in [1.165, 1.54) is 77.0 Å². The van der Waals surface area contributed by atoms with Crippen LogP contribution in [0.15, 0.2) is 0 Å². The van der Waals surface area contributed by atoms with Crippen LogP contribution in [0.3, 0.4) is 0 Å². The standard InChI is InChI=1S/2C8H18.2CH3NOS/c2*1-3-5-7-8-6-4-2;2*2-1(3)4/h2*3-8H2,1-2H3;2*(H3,2,3,4). The zero-order valence-corrected chi connectivity index (χ0v) is 18.0. The number of hydrogen-bond acceptors (Lipinski definition) is 2. The van der Waals surface area contributed by atoms with E-state index in [9.17, 15) is 0 Å². The minimum absolute atomic E-state index is 0.500. The Morgan fingerprint density at radius 1 is 0.542 bits per heavy atom. The fourth-order valence-corrected chi connectivity index (χ4v) is 1.71. The molecule has 0 aromatic carbocycles. The Labute approximate surface area is 161 Å². The molecular formula is C18H42N2O2S2.